The number of ether oxygens (including phenoxy) is 1. The Kier molecular flexibility index (Phi) is 7.77. The topological polar surface area (TPSA) is 49.7 Å². The molecule has 0 unspecified atom stereocenters. The van der Waals surface area contributed by atoms with Gasteiger partial charge < -0.3 is 14.9 Å². The fourth-order valence-corrected chi connectivity index (χ4v) is 0.557. The highest BCUT2D eigenvalue weighted by molar-refractivity contribution is 4.37. The van der Waals surface area contributed by atoms with Crippen molar-refractivity contribution in [1.82, 2.24) is 0 Å². The van der Waals surface area contributed by atoms with Gasteiger partial charge in [0.25, 0.3) is 0 Å². The van der Waals surface area contributed by atoms with Crippen LogP contribution in [0.5, 0.6) is 0 Å². The second-order valence-electron chi connectivity index (χ2n) is 1.82. The summed E-state index contributed by atoms with van der Waals surface area (Å²) >= 11 is 0. The Morgan fingerprint density at radius 2 is 1.78 bits per heavy atom. The molecule has 0 saturated carbocycles. The van der Waals surface area contributed by atoms with Crippen molar-refractivity contribution in [1.29, 1.82) is 0 Å². The van der Waals surface area contributed by atoms with Gasteiger partial charge in [-0.15, -0.1) is 0 Å². The van der Waals surface area contributed by atoms with Crippen molar-refractivity contribution in [2.45, 2.75) is 19.3 Å². The van der Waals surface area contributed by atoms with Crippen molar-refractivity contribution >= 4 is 0 Å². The summed E-state index contributed by atoms with van der Waals surface area (Å²) in [4.78, 5) is 0. The maximum atomic E-state index is 8.33. The number of hydrogen-bond acceptors (Lipinski definition) is 3. The second-order valence-corrected chi connectivity index (χ2v) is 1.82. The molecule has 0 aromatic rings. The molecule has 0 aliphatic carbocycles. The van der Waals surface area contributed by atoms with Crippen molar-refractivity contribution in [3.63, 3.8) is 0 Å². The molecular formula is C6H14O3. The Labute approximate surface area is 55.3 Å². The van der Waals surface area contributed by atoms with E-state index in [4.69, 9.17) is 10.2 Å². The predicted molar refractivity (Wildman–Crippen MR) is 34.0 cm³/mol. The molecule has 0 aromatic carbocycles. The average Bonchev–Trinajstić information content (AvgIpc) is 1.89. The number of rotatable bonds is 6. The summed E-state index contributed by atoms with van der Waals surface area (Å²) in [7, 11) is 0. The van der Waals surface area contributed by atoms with Crippen LogP contribution in [-0.2, 0) is 4.74 Å². The van der Waals surface area contributed by atoms with Crippen LogP contribution in [0, 0.1) is 0 Å². The van der Waals surface area contributed by atoms with E-state index in [9.17, 15) is 0 Å². The van der Waals surface area contributed by atoms with Crippen LogP contribution in [0.4, 0.5) is 0 Å². The highest BCUT2D eigenvalue weighted by Crippen LogP contribution is 1.93. The molecule has 0 aliphatic heterocycles. The molecule has 3 nitrogen and oxygen atoms in total. The van der Waals surface area contributed by atoms with Gasteiger partial charge in [0, 0.05) is 13.2 Å². The average molecular weight is 134 g/mol. The lowest BCUT2D eigenvalue weighted by molar-refractivity contribution is -0.00303. The number of unbranched alkanes of at least 4 members (excludes halogenated alkanes) is 2. The summed E-state index contributed by atoms with van der Waals surface area (Å²) in [6.07, 6.45) is 2.71. The second kappa shape index (κ2) is 7.88. The minimum Gasteiger partial charge on any atom is -0.396 e. The van der Waals surface area contributed by atoms with Crippen molar-refractivity contribution in [3.8, 4) is 0 Å². The first-order valence-electron chi connectivity index (χ1n) is 3.21. The fraction of sp³-hybridized carbons (Fsp3) is 1.00. The molecule has 0 saturated heterocycles. The van der Waals surface area contributed by atoms with Gasteiger partial charge in [-0.05, 0) is 19.3 Å². The summed E-state index contributed by atoms with van der Waals surface area (Å²) in [5.41, 5.74) is 0. The Morgan fingerprint density at radius 3 is 2.33 bits per heavy atom. The van der Waals surface area contributed by atoms with E-state index in [-0.39, 0.29) is 13.4 Å². The number of aliphatic hydroxyl groups is 2. The van der Waals surface area contributed by atoms with Crippen LogP contribution < -0.4 is 0 Å². The molecule has 3 heteroatoms. The molecule has 0 atom stereocenters. The molecule has 9 heavy (non-hydrogen) atoms. The van der Waals surface area contributed by atoms with Crippen molar-refractivity contribution in [2.75, 3.05) is 20.0 Å². The third-order valence-corrected chi connectivity index (χ3v) is 1.04. The Morgan fingerprint density at radius 1 is 1.00 bits per heavy atom. The largest absolute Gasteiger partial charge is 0.396 e. The Hall–Kier alpha value is -0.120. The zero-order valence-electron chi connectivity index (χ0n) is 5.55. The highest BCUT2D eigenvalue weighted by Gasteiger charge is 1.86. The van der Waals surface area contributed by atoms with Crippen molar-refractivity contribution in [2.24, 2.45) is 0 Å². The molecule has 2 N–H and O–H groups in total. The summed E-state index contributed by atoms with van der Waals surface area (Å²) in [5.74, 6) is 0. The molecule has 0 heterocycles. The van der Waals surface area contributed by atoms with Gasteiger partial charge in [-0.1, -0.05) is 0 Å². The normalized spacial score (nSPS) is 10.0. The molecule has 56 valence electrons. The van der Waals surface area contributed by atoms with Crippen LogP contribution >= 0.6 is 0 Å². The van der Waals surface area contributed by atoms with Gasteiger partial charge in [-0.25, -0.2) is 0 Å². The monoisotopic (exact) mass is 134 g/mol. The van der Waals surface area contributed by atoms with E-state index in [2.05, 4.69) is 4.74 Å². The summed E-state index contributed by atoms with van der Waals surface area (Å²) < 4.78 is 4.65. The third kappa shape index (κ3) is 7.88. The van der Waals surface area contributed by atoms with Crippen molar-refractivity contribution < 1.29 is 14.9 Å². The zero-order chi connectivity index (χ0) is 6.95. The summed E-state index contributed by atoms with van der Waals surface area (Å²) in [6, 6.07) is 0. The molecule has 0 rings (SSSR count). The van der Waals surface area contributed by atoms with Gasteiger partial charge >= 0.3 is 0 Å². The number of hydrogen-bond donors (Lipinski definition) is 2. The summed E-state index contributed by atoms with van der Waals surface area (Å²) in [5, 5.41) is 16.5. The maximum absolute atomic E-state index is 8.33. The Balaban J connectivity index is 2.60. The molecule has 0 aliphatic rings. The molecule has 0 amide bonds. The van der Waals surface area contributed by atoms with Crippen LogP contribution in [0.25, 0.3) is 0 Å². The first-order chi connectivity index (χ1) is 4.41. The van der Waals surface area contributed by atoms with Crippen LogP contribution in [0.15, 0.2) is 0 Å². The third-order valence-electron chi connectivity index (χ3n) is 1.04. The van der Waals surface area contributed by atoms with Gasteiger partial charge in [0.05, 0.1) is 0 Å². The minimum absolute atomic E-state index is 0.195. The zero-order valence-corrected chi connectivity index (χ0v) is 5.55. The molecule has 0 bridgehead atoms. The first kappa shape index (κ1) is 8.88. The lowest BCUT2D eigenvalue weighted by Crippen LogP contribution is -1.95. The first-order valence-corrected chi connectivity index (χ1v) is 3.21. The van der Waals surface area contributed by atoms with Crippen LogP contribution in [0.2, 0.25) is 0 Å². The van der Waals surface area contributed by atoms with E-state index in [0.29, 0.717) is 6.61 Å². The van der Waals surface area contributed by atoms with Crippen LogP contribution in [-0.4, -0.2) is 30.2 Å². The van der Waals surface area contributed by atoms with Gasteiger partial charge in [0.1, 0.15) is 6.79 Å². The lowest BCUT2D eigenvalue weighted by Gasteiger charge is -1.97. The Bertz CT molecular complexity index is 41.6. The number of aliphatic hydroxyl groups excluding tert-OH is 2. The molecular weight excluding hydrogens is 120 g/mol. The van der Waals surface area contributed by atoms with Gasteiger partial charge in [-0.3, -0.25) is 0 Å². The standard InChI is InChI=1S/C6H14O3/c7-4-2-1-3-5-9-6-8/h7-8H,1-6H2. The van der Waals surface area contributed by atoms with Crippen molar-refractivity contribution in [3.05, 3.63) is 0 Å². The van der Waals surface area contributed by atoms with E-state index in [1.807, 2.05) is 0 Å². The van der Waals surface area contributed by atoms with Crippen LogP contribution in [0.1, 0.15) is 19.3 Å². The van der Waals surface area contributed by atoms with E-state index in [1.165, 1.54) is 0 Å². The minimum atomic E-state index is -0.195. The molecule has 0 spiro atoms. The van der Waals surface area contributed by atoms with Gasteiger partial charge in [0.15, 0.2) is 0 Å². The highest BCUT2D eigenvalue weighted by atomic mass is 16.6. The van der Waals surface area contributed by atoms with Gasteiger partial charge in [-0.2, -0.15) is 0 Å². The fourth-order valence-electron chi connectivity index (χ4n) is 0.557. The quantitative estimate of drug-likeness (QED) is 0.400. The van der Waals surface area contributed by atoms with E-state index >= 15 is 0 Å². The van der Waals surface area contributed by atoms with Gasteiger partial charge in [0.2, 0.25) is 0 Å². The van der Waals surface area contributed by atoms with E-state index < -0.39 is 0 Å². The maximum Gasteiger partial charge on any atom is 0.143 e. The molecule has 0 fully saturated rings. The SMILES string of the molecule is OCCCCCOCO. The summed E-state index contributed by atoms with van der Waals surface area (Å²) in [6.45, 7) is 0.648. The van der Waals surface area contributed by atoms with E-state index in [1.54, 1.807) is 0 Å². The lowest BCUT2D eigenvalue weighted by atomic mass is 10.2. The molecule has 0 radical (unpaired) electrons. The molecule has 0 aromatic heterocycles. The predicted octanol–water partition coefficient (Wildman–Crippen LogP) is 0.115. The van der Waals surface area contributed by atoms with Crippen LogP contribution in [0.3, 0.4) is 0 Å². The smallest absolute Gasteiger partial charge is 0.143 e. The van der Waals surface area contributed by atoms with E-state index in [0.717, 1.165) is 19.3 Å².